The number of hydrogen-bond donors (Lipinski definition) is 3. The van der Waals surface area contributed by atoms with Gasteiger partial charge in [0.25, 0.3) is 0 Å². The van der Waals surface area contributed by atoms with Gasteiger partial charge < -0.3 is 20.9 Å². The number of nitrogens with one attached hydrogen (secondary N) is 1. The third kappa shape index (κ3) is 11.2. The SMILES string of the molecule is CC(N)COCCCCNC(=O)O. The summed E-state index contributed by atoms with van der Waals surface area (Å²) in [6.45, 7) is 3.57. The van der Waals surface area contributed by atoms with Gasteiger partial charge >= 0.3 is 6.09 Å². The summed E-state index contributed by atoms with van der Waals surface area (Å²) in [5, 5.41) is 10.5. The van der Waals surface area contributed by atoms with Crippen molar-refractivity contribution in [1.29, 1.82) is 0 Å². The van der Waals surface area contributed by atoms with Crippen molar-refractivity contribution in [2.45, 2.75) is 25.8 Å². The number of ether oxygens (including phenoxy) is 1. The lowest BCUT2D eigenvalue weighted by Gasteiger charge is -2.06. The van der Waals surface area contributed by atoms with Gasteiger partial charge in [-0.3, -0.25) is 0 Å². The zero-order valence-corrected chi connectivity index (χ0v) is 7.95. The number of unbranched alkanes of at least 4 members (excludes halogenated alkanes) is 1. The summed E-state index contributed by atoms with van der Waals surface area (Å²) in [4.78, 5) is 10.0. The number of carboxylic acid groups (broad SMARTS) is 1. The van der Waals surface area contributed by atoms with Crippen LogP contribution in [0.1, 0.15) is 19.8 Å². The minimum absolute atomic E-state index is 0.0668. The lowest BCUT2D eigenvalue weighted by Crippen LogP contribution is -2.23. The van der Waals surface area contributed by atoms with Crippen LogP contribution in [-0.2, 0) is 4.74 Å². The molecule has 0 aromatic rings. The minimum atomic E-state index is -0.975. The molecular formula is C8H18N2O3. The minimum Gasteiger partial charge on any atom is -0.465 e. The first-order valence-corrected chi connectivity index (χ1v) is 4.43. The topological polar surface area (TPSA) is 84.6 Å². The lowest BCUT2D eigenvalue weighted by molar-refractivity contribution is 0.121. The Labute approximate surface area is 78.3 Å². The van der Waals surface area contributed by atoms with Crippen LogP contribution in [0.15, 0.2) is 0 Å². The Bertz CT molecular complexity index is 139. The molecule has 1 amide bonds. The Hall–Kier alpha value is -0.810. The smallest absolute Gasteiger partial charge is 0.404 e. The van der Waals surface area contributed by atoms with E-state index in [1.54, 1.807) is 0 Å². The molecule has 1 unspecified atom stereocenters. The summed E-state index contributed by atoms with van der Waals surface area (Å²) < 4.78 is 5.20. The van der Waals surface area contributed by atoms with E-state index >= 15 is 0 Å². The zero-order valence-electron chi connectivity index (χ0n) is 7.95. The Balaban J connectivity index is 2.96. The highest BCUT2D eigenvalue weighted by Gasteiger charge is 1.95. The first-order valence-electron chi connectivity index (χ1n) is 4.43. The fraction of sp³-hybridized carbons (Fsp3) is 0.875. The number of hydrogen-bond acceptors (Lipinski definition) is 3. The molecular weight excluding hydrogens is 172 g/mol. The quantitative estimate of drug-likeness (QED) is 0.507. The lowest BCUT2D eigenvalue weighted by atomic mass is 10.3. The normalized spacial score (nSPS) is 12.5. The van der Waals surface area contributed by atoms with Crippen molar-refractivity contribution < 1.29 is 14.6 Å². The molecule has 5 nitrogen and oxygen atoms in total. The van der Waals surface area contributed by atoms with Crippen LogP contribution in [0.2, 0.25) is 0 Å². The fourth-order valence-electron chi connectivity index (χ4n) is 0.794. The van der Waals surface area contributed by atoms with E-state index in [1.807, 2.05) is 6.92 Å². The molecule has 0 aromatic carbocycles. The van der Waals surface area contributed by atoms with E-state index in [1.165, 1.54) is 0 Å². The summed E-state index contributed by atoms with van der Waals surface area (Å²) in [7, 11) is 0. The molecule has 0 fully saturated rings. The fourth-order valence-corrected chi connectivity index (χ4v) is 0.794. The van der Waals surface area contributed by atoms with Gasteiger partial charge in [0.05, 0.1) is 6.61 Å². The van der Waals surface area contributed by atoms with Gasteiger partial charge in [0, 0.05) is 19.2 Å². The van der Waals surface area contributed by atoms with E-state index in [0.29, 0.717) is 19.8 Å². The van der Waals surface area contributed by atoms with Crippen molar-refractivity contribution in [3.05, 3.63) is 0 Å². The van der Waals surface area contributed by atoms with Gasteiger partial charge in [-0.1, -0.05) is 0 Å². The second-order valence-corrected chi connectivity index (χ2v) is 2.99. The highest BCUT2D eigenvalue weighted by Crippen LogP contribution is 1.89. The molecule has 0 rings (SSSR count). The first-order chi connectivity index (χ1) is 6.13. The van der Waals surface area contributed by atoms with Gasteiger partial charge in [0.2, 0.25) is 0 Å². The standard InChI is InChI=1S/C8H18N2O3/c1-7(9)6-13-5-3-2-4-10-8(11)12/h7,10H,2-6,9H2,1H3,(H,11,12). The highest BCUT2D eigenvalue weighted by molar-refractivity contribution is 5.64. The van der Waals surface area contributed by atoms with Crippen LogP contribution in [-0.4, -0.2) is 37.0 Å². The monoisotopic (exact) mass is 190 g/mol. The molecule has 0 bridgehead atoms. The maximum absolute atomic E-state index is 10.0. The second kappa shape index (κ2) is 7.82. The molecule has 5 heteroatoms. The van der Waals surface area contributed by atoms with Crippen LogP contribution in [0.5, 0.6) is 0 Å². The Morgan fingerprint density at radius 1 is 1.62 bits per heavy atom. The Morgan fingerprint density at radius 2 is 2.31 bits per heavy atom. The Kier molecular flexibility index (Phi) is 7.33. The molecule has 0 spiro atoms. The van der Waals surface area contributed by atoms with Crippen LogP contribution in [0.3, 0.4) is 0 Å². The molecule has 13 heavy (non-hydrogen) atoms. The third-order valence-electron chi connectivity index (χ3n) is 1.37. The van der Waals surface area contributed by atoms with Crippen LogP contribution >= 0.6 is 0 Å². The maximum Gasteiger partial charge on any atom is 0.404 e. The van der Waals surface area contributed by atoms with E-state index in [9.17, 15) is 4.79 Å². The molecule has 0 aliphatic carbocycles. The maximum atomic E-state index is 10.0. The average Bonchev–Trinajstić information content (AvgIpc) is 2.01. The molecule has 0 aliphatic rings. The highest BCUT2D eigenvalue weighted by atomic mass is 16.5. The number of carbonyl (C=O) groups is 1. The van der Waals surface area contributed by atoms with Crippen LogP contribution in [0.4, 0.5) is 4.79 Å². The van der Waals surface area contributed by atoms with Crippen molar-refractivity contribution in [2.24, 2.45) is 5.73 Å². The molecule has 1 atom stereocenters. The number of rotatable bonds is 7. The Morgan fingerprint density at radius 3 is 2.85 bits per heavy atom. The molecule has 0 heterocycles. The van der Waals surface area contributed by atoms with Crippen LogP contribution in [0.25, 0.3) is 0 Å². The van der Waals surface area contributed by atoms with Gasteiger partial charge in [-0.15, -0.1) is 0 Å². The van der Waals surface area contributed by atoms with Gasteiger partial charge in [0.15, 0.2) is 0 Å². The van der Waals surface area contributed by atoms with Gasteiger partial charge in [-0.05, 0) is 19.8 Å². The number of amides is 1. The largest absolute Gasteiger partial charge is 0.465 e. The van der Waals surface area contributed by atoms with Gasteiger partial charge in [-0.2, -0.15) is 0 Å². The molecule has 78 valence electrons. The average molecular weight is 190 g/mol. The van der Waals surface area contributed by atoms with Crippen LogP contribution < -0.4 is 11.1 Å². The predicted octanol–water partition coefficient (Wildman–Crippen LogP) is 0.398. The van der Waals surface area contributed by atoms with Crippen molar-refractivity contribution in [3.8, 4) is 0 Å². The number of nitrogens with two attached hydrogens (primary N) is 1. The molecule has 0 radical (unpaired) electrons. The summed E-state index contributed by atoms with van der Waals surface area (Å²) >= 11 is 0. The predicted molar refractivity (Wildman–Crippen MR) is 49.7 cm³/mol. The van der Waals surface area contributed by atoms with E-state index in [0.717, 1.165) is 12.8 Å². The van der Waals surface area contributed by atoms with Crippen molar-refractivity contribution in [2.75, 3.05) is 19.8 Å². The molecule has 0 aromatic heterocycles. The van der Waals surface area contributed by atoms with Crippen LogP contribution in [0, 0.1) is 0 Å². The van der Waals surface area contributed by atoms with E-state index in [-0.39, 0.29) is 6.04 Å². The second-order valence-electron chi connectivity index (χ2n) is 2.99. The summed E-state index contributed by atoms with van der Waals surface area (Å²) in [6.07, 6.45) is 0.676. The van der Waals surface area contributed by atoms with Crippen molar-refractivity contribution in [3.63, 3.8) is 0 Å². The molecule has 0 aliphatic heterocycles. The molecule has 0 saturated heterocycles. The van der Waals surface area contributed by atoms with E-state index in [2.05, 4.69) is 5.32 Å². The zero-order chi connectivity index (χ0) is 10.1. The van der Waals surface area contributed by atoms with E-state index < -0.39 is 6.09 Å². The van der Waals surface area contributed by atoms with Gasteiger partial charge in [0.1, 0.15) is 0 Å². The summed E-state index contributed by atoms with van der Waals surface area (Å²) in [5.74, 6) is 0. The molecule has 0 saturated carbocycles. The summed E-state index contributed by atoms with van der Waals surface area (Å²) in [6, 6.07) is 0.0668. The van der Waals surface area contributed by atoms with Crippen molar-refractivity contribution in [1.82, 2.24) is 5.32 Å². The third-order valence-corrected chi connectivity index (χ3v) is 1.37. The van der Waals surface area contributed by atoms with Crippen molar-refractivity contribution >= 4 is 6.09 Å². The first kappa shape index (κ1) is 12.2. The molecule has 4 N–H and O–H groups in total. The van der Waals surface area contributed by atoms with E-state index in [4.69, 9.17) is 15.6 Å². The van der Waals surface area contributed by atoms with Gasteiger partial charge in [-0.25, -0.2) is 4.79 Å². The summed E-state index contributed by atoms with van der Waals surface area (Å²) in [5.41, 5.74) is 5.46.